The predicted octanol–water partition coefficient (Wildman–Crippen LogP) is 3.22. The van der Waals surface area contributed by atoms with E-state index in [0.29, 0.717) is 39.8 Å². The molecule has 3 aromatic heterocycles. The molecule has 4 fully saturated rings. The minimum atomic E-state index is -0.976. The van der Waals surface area contributed by atoms with E-state index in [2.05, 4.69) is 35.3 Å². The summed E-state index contributed by atoms with van der Waals surface area (Å²) in [4.78, 5) is 98.4. The van der Waals surface area contributed by atoms with E-state index in [9.17, 15) is 28.8 Å². The van der Waals surface area contributed by atoms with E-state index in [1.165, 1.54) is 6.92 Å². The Hall–Kier alpha value is -6.03. The maximum Gasteiger partial charge on any atom is 0.263 e. The zero-order valence-electron chi connectivity index (χ0n) is 32.0. The van der Waals surface area contributed by atoms with Crippen LogP contribution in [0.1, 0.15) is 88.1 Å². The molecule has 2 N–H and O–H groups in total. The van der Waals surface area contributed by atoms with E-state index in [-0.39, 0.29) is 41.4 Å². The molecule has 3 saturated heterocycles. The smallest absolute Gasteiger partial charge is 0.263 e. The predicted molar refractivity (Wildman–Crippen MR) is 211 cm³/mol. The molecule has 9 rings (SSSR count). The second-order valence-electron chi connectivity index (χ2n) is 15.9. The first kappa shape index (κ1) is 36.6. The number of pyridine rings is 2. The van der Waals surface area contributed by atoms with Crippen LogP contribution in [0.4, 0.5) is 23.1 Å². The second kappa shape index (κ2) is 14.5. The van der Waals surface area contributed by atoms with Crippen molar-refractivity contribution in [2.75, 3.05) is 60.9 Å². The summed E-state index contributed by atoms with van der Waals surface area (Å²) >= 11 is 0. The largest absolute Gasteiger partial charge is 0.371 e. The van der Waals surface area contributed by atoms with Gasteiger partial charge in [-0.1, -0.05) is 12.8 Å². The monoisotopic (exact) mass is 772 g/mol. The van der Waals surface area contributed by atoms with E-state index in [1.54, 1.807) is 29.8 Å². The van der Waals surface area contributed by atoms with Crippen molar-refractivity contribution in [3.8, 4) is 0 Å². The SMILES string of the molecule is CC(=O)c1c(C)c2cnc(Nc3ccc(N4CCN(CC5CN(c6ccc7c(c6)C(=O)N(C6CCC(=O)NC6=O)C7=O)C5)CC4)cn3)nc2n(C2CCCC2)c1=O. The van der Waals surface area contributed by atoms with Gasteiger partial charge < -0.3 is 15.1 Å². The first-order valence-electron chi connectivity index (χ1n) is 19.8. The number of hydrogen-bond acceptors (Lipinski definition) is 13. The molecule has 1 unspecified atom stereocenters. The molecule has 7 heterocycles. The summed E-state index contributed by atoms with van der Waals surface area (Å²) < 4.78 is 1.71. The van der Waals surface area contributed by atoms with Crippen LogP contribution in [0, 0.1) is 12.8 Å². The van der Waals surface area contributed by atoms with Gasteiger partial charge in [0.05, 0.1) is 28.6 Å². The fourth-order valence-corrected chi connectivity index (χ4v) is 9.18. The van der Waals surface area contributed by atoms with Crippen LogP contribution in [0.15, 0.2) is 47.5 Å². The number of nitrogens with one attached hydrogen (secondary N) is 2. The van der Waals surface area contributed by atoms with Gasteiger partial charge in [0, 0.05) is 81.5 Å². The van der Waals surface area contributed by atoms with Gasteiger partial charge in [0.2, 0.25) is 17.8 Å². The Bertz CT molecular complexity index is 2390. The van der Waals surface area contributed by atoms with Gasteiger partial charge in [-0.15, -0.1) is 0 Å². The van der Waals surface area contributed by atoms with Gasteiger partial charge in [0.15, 0.2) is 5.78 Å². The molecular weight excluding hydrogens is 729 g/mol. The number of ketones is 1. The maximum atomic E-state index is 13.6. The summed E-state index contributed by atoms with van der Waals surface area (Å²) in [5.41, 5.74) is 3.56. The van der Waals surface area contributed by atoms with Crippen LogP contribution in [0.5, 0.6) is 0 Å². The second-order valence-corrected chi connectivity index (χ2v) is 15.9. The number of fused-ring (bicyclic) bond motifs is 2. The Morgan fingerprint density at radius 1 is 0.860 bits per heavy atom. The highest BCUT2D eigenvalue weighted by atomic mass is 16.2. The molecule has 4 aromatic rings. The summed E-state index contributed by atoms with van der Waals surface area (Å²) in [6, 6.07) is 8.25. The number of piperidine rings is 1. The molecule has 0 spiro atoms. The lowest BCUT2D eigenvalue weighted by atomic mass is 9.97. The van der Waals surface area contributed by atoms with Gasteiger partial charge in [-0.3, -0.25) is 48.5 Å². The van der Waals surface area contributed by atoms with Gasteiger partial charge in [0.1, 0.15) is 17.5 Å². The highest BCUT2D eigenvalue weighted by Gasteiger charge is 2.45. The highest BCUT2D eigenvalue weighted by Crippen LogP contribution is 2.34. The number of Topliss-reactive ketones (excluding diaryl/α,β-unsaturated/α-hetero) is 1. The molecule has 16 nitrogen and oxygen atoms in total. The quantitative estimate of drug-likeness (QED) is 0.187. The van der Waals surface area contributed by atoms with E-state index >= 15 is 0 Å². The Balaban J connectivity index is 0.783. The van der Waals surface area contributed by atoms with Crippen molar-refractivity contribution >= 4 is 63.6 Å². The average molecular weight is 773 g/mol. The van der Waals surface area contributed by atoms with Gasteiger partial charge >= 0.3 is 0 Å². The Kier molecular flexibility index (Phi) is 9.30. The number of aromatic nitrogens is 4. The van der Waals surface area contributed by atoms with Crippen molar-refractivity contribution in [3.63, 3.8) is 0 Å². The van der Waals surface area contributed by atoms with E-state index < -0.39 is 29.7 Å². The van der Waals surface area contributed by atoms with Gasteiger partial charge in [0.25, 0.3) is 17.4 Å². The zero-order chi connectivity index (χ0) is 39.5. The number of benzene rings is 1. The molecule has 1 aromatic carbocycles. The number of piperazine rings is 1. The number of nitrogens with zero attached hydrogens (tertiary/aromatic N) is 8. The van der Waals surface area contributed by atoms with Gasteiger partial charge in [-0.25, -0.2) is 9.97 Å². The van der Waals surface area contributed by atoms with E-state index in [0.717, 1.165) is 87.8 Å². The number of carbonyl (C=O) groups excluding carboxylic acids is 5. The number of amides is 4. The molecule has 1 atom stereocenters. The number of hydrogen-bond donors (Lipinski definition) is 2. The third-order valence-corrected chi connectivity index (χ3v) is 12.2. The fourth-order valence-electron chi connectivity index (χ4n) is 9.18. The number of aryl methyl sites for hydroxylation is 1. The topological polar surface area (TPSA) is 183 Å². The first-order valence-corrected chi connectivity index (χ1v) is 19.8. The lowest BCUT2D eigenvalue weighted by Crippen LogP contribution is -2.55. The maximum absolute atomic E-state index is 13.6. The molecule has 16 heteroatoms. The van der Waals surface area contributed by atoms with Crippen LogP contribution < -0.4 is 26.0 Å². The summed E-state index contributed by atoms with van der Waals surface area (Å²) in [5.74, 6) is -0.848. The Morgan fingerprint density at radius 2 is 1.60 bits per heavy atom. The molecule has 4 aliphatic heterocycles. The van der Waals surface area contributed by atoms with E-state index in [4.69, 9.17) is 4.98 Å². The van der Waals surface area contributed by atoms with Crippen LogP contribution in [0.2, 0.25) is 0 Å². The molecule has 5 aliphatic rings. The number of anilines is 4. The van der Waals surface area contributed by atoms with Gasteiger partial charge in [-0.05, 0) is 69.0 Å². The normalized spacial score (nSPS) is 20.7. The molecule has 1 aliphatic carbocycles. The number of rotatable bonds is 9. The molecule has 0 bridgehead atoms. The van der Waals surface area contributed by atoms with Crippen molar-refractivity contribution < 1.29 is 24.0 Å². The third-order valence-electron chi connectivity index (χ3n) is 12.2. The van der Waals surface area contributed by atoms with E-state index in [1.807, 2.05) is 24.4 Å². The summed E-state index contributed by atoms with van der Waals surface area (Å²) in [6.07, 6.45) is 7.57. The summed E-state index contributed by atoms with van der Waals surface area (Å²) in [7, 11) is 0. The number of carbonyl (C=O) groups is 5. The van der Waals surface area contributed by atoms with Crippen molar-refractivity contribution in [3.05, 3.63) is 75.3 Å². The highest BCUT2D eigenvalue weighted by molar-refractivity contribution is 6.23. The minimum absolute atomic E-state index is 0.00302. The Morgan fingerprint density at radius 3 is 2.30 bits per heavy atom. The molecule has 294 valence electrons. The van der Waals surface area contributed by atoms with Crippen molar-refractivity contribution in [1.82, 2.24) is 34.6 Å². The van der Waals surface area contributed by atoms with Crippen LogP contribution in [0.3, 0.4) is 0 Å². The average Bonchev–Trinajstić information content (AvgIpc) is 3.79. The minimum Gasteiger partial charge on any atom is -0.371 e. The summed E-state index contributed by atoms with van der Waals surface area (Å²) in [5, 5.41) is 6.14. The summed E-state index contributed by atoms with van der Waals surface area (Å²) in [6.45, 7) is 9.43. The fraction of sp³-hybridized carbons (Fsp3) is 0.439. The first-order chi connectivity index (χ1) is 27.5. The zero-order valence-corrected chi connectivity index (χ0v) is 32.0. The van der Waals surface area contributed by atoms with Crippen molar-refractivity contribution in [2.45, 2.75) is 64.5 Å². The van der Waals surface area contributed by atoms with Crippen molar-refractivity contribution in [2.24, 2.45) is 5.92 Å². The van der Waals surface area contributed by atoms with Crippen LogP contribution in [-0.4, -0.2) is 111 Å². The molecule has 57 heavy (non-hydrogen) atoms. The van der Waals surface area contributed by atoms with Crippen molar-refractivity contribution in [1.29, 1.82) is 0 Å². The molecular formula is C41H44N10O6. The molecule has 0 radical (unpaired) electrons. The third kappa shape index (κ3) is 6.60. The van der Waals surface area contributed by atoms with Crippen LogP contribution >= 0.6 is 0 Å². The lowest BCUT2D eigenvalue weighted by Gasteiger charge is -2.45. The lowest BCUT2D eigenvalue weighted by molar-refractivity contribution is -0.136. The molecule has 1 saturated carbocycles. The van der Waals surface area contributed by atoms with Crippen LogP contribution in [-0.2, 0) is 9.59 Å². The van der Waals surface area contributed by atoms with Gasteiger partial charge in [-0.2, -0.15) is 4.98 Å². The Labute approximate surface area is 328 Å². The standard InChI is InChI=1S/C41H44N10O6/c1-23-31-19-43-41(46-36(31)50(26-5-3-4-6-26)40(57)35(23)24(2)52)44-33-11-8-28(18-42-33)48-15-13-47(14-16-48)20-25-21-49(22-25)27-7-9-29-30(17-27)39(56)51(38(29)55)32-10-12-34(53)45-37(32)54/h7-9,11,17-19,25-26,32H,3-6,10,12-16,20-22H2,1-2H3,(H,45,53,54)(H,42,43,44,46). The molecule has 4 amide bonds. The van der Waals surface area contributed by atoms with Crippen LogP contribution in [0.25, 0.3) is 11.0 Å². The number of imide groups is 2.